The van der Waals surface area contributed by atoms with Crippen LogP contribution < -0.4 is 10.1 Å². The van der Waals surface area contributed by atoms with E-state index in [2.05, 4.69) is 5.32 Å². The molecule has 0 spiro atoms. The number of nitrogens with one attached hydrogen (secondary N) is 1. The van der Waals surface area contributed by atoms with Crippen LogP contribution in [0.3, 0.4) is 0 Å². The molecule has 1 N–H and O–H groups in total. The van der Waals surface area contributed by atoms with Crippen LogP contribution in [0.15, 0.2) is 42.5 Å². The molecule has 2 aromatic carbocycles. The van der Waals surface area contributed by atoms with E-state index in [0.717, 1.165) is 42.6 Å². The minimum absolute atomic E-state index is 0.0827. The second-order valence-electron chi connectivity index (χ2n) is 9.70. The van der Waals surface area contributed by atoms with Gasteiger partial charge in [-0.15, -0.1) is 0 Å². The van der Waals surface area contributed by atoms with E-state index in [9.17, 15) is 22.4 Å². The van der Waals surface area contributed by atoms with Gasteiger partial charge in [0.15, 0.2) is 6.10 Å². The van der Waals surface area contributed by atoms with E-state index in [1.54, 1.807) is 6.92 Å². The minimum Gasteiger partial charge on any atom is -0.492 e. The number of likely N-dealkylation sites (tertiary alicyclic amines) is 1. The number of halogens is 4. The van der Waals surface area contributed by atoms with Crippen molar-refractivity contribution in [3.63, 3.8) is 0 Å². The Morgan fingerprint density at radius 2 is 1.79 bits per heavy atom. The molecule has 0 bridgehead atoms. The van der Waals surface area contributed by atoms with Gasteiger partial charge in [0.25, 0.3) is 0 Å². The summed E-state index contributed by atoms with van der Waals surface area (Å²) in [5, 5.41) is 3.49. The summed E-state index contributed by atoms with van der Waals surface area (Å²) < 4.78 is 69.3. The van der Waals surface area contributed by atoms with Crippen LogP contribution in [0.4, 0.5) is 17.6 Å². The molecule has 1 unspecified atom stereocenters. The van der Waals surface area contributed by atoms with E-state index >= 15 is 0 Å². The second-order valence-corrected chi connectivity index (χ2v) is 9.70. The van der Waals surface area contributed by atoms with Crippen LogP contribution >= 0.6 is 0 Å². The van der Waals surface area contributed by atoms with Crippen molar-refractivity contribution >= 4 is 5.97 Å². The molecule has 1 heterocycles. The van der Waals surface area contributed by atoms with Crippen LogP contribution in [0.25, 0.3) is 0 Å². The molecule has 1 saturated carbocycles. The van der Waals surface area contributed by atoms with Crippen molar-refractivity contribution in [1.82, 2.24) is 10.2 Å². The summed E-state index contributed by atoms with van der Waals surface area (Å²) >= 11 is 0. The monoisotopic (exact) mass is 538 g/mol. The number of ether oxygens (including phenoxy) is 3. The highest BCUT2D eigenvalue weighted by Gasteiger charge is 2.55. The van der Waals surface area contributed by atoms with Crippen molar-refractivity contribution in [3.8, 4) is 5.75 Å². The van der Waals surface area contributed by atoms with Crippen molar-refractivity contribution < 1.29 is 36.6 Å². The van der Waals surface area contributed by atoms with Crippen LogP contribution in [-0.2, 0) is 33.4 Å². The Balaban J connectivity index is 1.15. The minimum atomic E-state index is -4.48. The highest BCUT2D eigenvalue weighted by atomic mass is 19.4. The number of fused-ring (bicyclic) bond motifs is 1. The van der Waals surface area contributed by atoms with E-state index in [-0.39, 0.29) is 18.1 Å². The van der Waals surface area contributed by atoms with Crippen molar-refractivity contribution in [2.24, 2.45) is 11.8 Å². The fourth-order valence-corrected chi connectivity index (χ4v) is 5.14. The van der Waals surface area contributed by atoms with Crippen molar-refractivity contribution in [1.29, 1.82) is 0 Å². The number of carbonyl (C=O) groups is 1. The van der Waals surface area contributed by atoms with Crippen molar-refractivity contribution in [3.05, 3.63) is 65.0 Å². The van der Waals surface area contributed by atoms with Crippen LogP contribution in [-0.4, -0.2) is 62.5 Å². The van der Waals surface area contributed by atoms with Gasteiger partial charge in [0.05, 0.1) is 12.2 Å². The number of alkyl halides is 3. The predicted molar refractivity (Wildman–Crippen MR) is 133 cm³/mol. The highest BCUT2D eigenvalue weighted by Crippen LogP contribution is 2.46. The second kappa shape index (κ2) is 12.4. The van der Waals surface area contributed by atoms with Crippen molar-refractivity contribution in [2.75, 3.05) is 39.5 Å². The van der Waals surface area contributed by atoms with E-state index in [0.29, 0.717) is 50.7 Å². The van der Waals surface area contributed by atoms with Gasteiger partial charge in [0.1, 0.15) is 18.2 Å². The van der Waals surface area contributed by atoms with E-state index in [4.69, 9.17) is 14.2 Å². The Hall–Kier alpha value is -2.69. The first-order valence-electron chi connectivity index (χ1n) is 13.0. The van der Waals surface area contributed by atoms with Gasteiger partial charge in [-0.05, 0) is 61.6 Å². The van der Waals surface area contributed by atoms with Gasteiger partial charge in [-0.1, -0.05) is 12.1 Å². The molecule has 0 radical (unpaired) electrons. The molecule has 2 fully saturated rings. The van der Waals surface area contributed by atoms with Gasteiger partial charge in [-0.2, -0.15) is 13.2 Å². The first-order valence-corrected chi connectivity index (χ1v) is 13.0. The van der Waals surface area contributed by atoms with Crippen LogP contribution in [0.5, 0.6) is 5.75 Å². The normalized spacial score (nSPS) is 21.7. The fraction of sp³-hybridized carbons (Fsp3) is 0.536. The van der Waals surface area contributed by atoms with Gasteiger partial charge < -0.3 is 19.5 Å². The maximum absolute atomic E-state index is 14.1. The number of hydrogen-bond acceptors (Lipinski definition) is 6. The van der Waals surface area contributed by atoms with Crippen LogP contribution in [0.1, 0.15) is 30.5 Å². The average molecular weight is 539 g/mol. The highest BCUT2D eigenvalue weighted by molar-refractivity contribution is 5.75. The molecule has 1 saturated heterocycles. The number of hydrogen-bond donors (Lipinski definition) is 1. The molecular weight excluding hydrogens is 504 g/mol. The van der Waals surface area contributed by atoms with Gasteiger partial charge in [-0.25, -0.2) is 9.18 Å². The lowest BCUT2D eigenvalue weighted by Gasteiger charge is -2.21. The van der Waals surface area contributed by atoms with E-state index in [1.807, 2.05) is 36.1 Å². The lowest BCUT2D eigenvalue weighted by molar-refractivity contribution is -0.156. The third-order valence-corrected chi connectivity index (χ3v) is 7.05. The van der Waals surface area contributed by atoms with E-state index in [1.165, 1.54) is 0 Å². The Labute approximate surface area is 220 Å². The van der Waals surface area contributed by atoms with Crippen LogP contribution in [0, 0.1) is 17.7 Å². The number of benzene rings is 2. The molecule has 6 nitrogen and oxygen atoms in total. The zero-order valence-corrected chi connectivity index (χ0v) is 21.6. The van der Waals surface area contributed by atoms with Crippen LogP contribution in [0.2, 0.25) is 0 Å². The summed E-state index contributed by atoms with van der Waals surface area (Å²) in [6.45, 7) is 7.12. The molecule has 4 atom stereocenters. The zero-order chi connectivity index (χ0) is 27.3. The average Bonchev–Trinajstić information content (AvgIpc) is 3.32. The number of esters is 1. The Morgan fingerprint density at radius 1 is 1.08 bits per heavy atom. The Kier molecular flexibility index (Phi) is 9.27. The maximum Gasteiger partial charge on any atom is 0.416 e. The molecule has 4 rings (SSSR count). The maximum atomic E-state index is 14.1. The smallest absolute Gasteiger partial charge is 0.416 e. The Bertz CT molecular complexity index is 1070. The summed E-state index contributed by atoms with van der Waals surface area (Å²) in [7, 11) is 0. The molecule has 10 heteroatoms. The zero-order valence-electron chi connectivity index (χ0n) is 21.6. The number of nitrogens with zero attached hydrogens (tertiary/aromatic N) is 1. The SMILES string of the molecule is CCOC(=O)[C@H](Cc1ccc(OCCNC2[C@H]3CN(Cc4cc(C(F)(F)F)ccc4F)C[C@@H]23)cc1)OCC. The summed E-state index contributed by atoms with van der Waals surface area (Å²) in [4.78, 5) is 14.1. The van der Waals surface area contributed by atoms with Gasteiger partial charge >= 0.3 is 12.1 Å². The Morgan fingerprint density at radius 3 is 2.42 bits per heavy atom. The molecular formula is C28H34F4N2O4. The summed E-state index contributed by atoms with van der Waals surface area (Å²) in [6, 6.07) is 10.5. The first kappa shape index (κ1) is 28.3. The third kappa shape index (κ3) is 7.24. The lowest BCUT2D eigenvalue weighted by atomic mass is 10.1. The predicted octanol–water partition coefficient (Wildman–Crippen LogP) is 4.45. The number of carbonyl (C=O) groups excluding carboxylic acids is 1. The number of piperidine rings is 1. The number of rotatable bonds is 13. The van der Waals surface area contributed by atoms with Crippen molar-refractivity contribution in [2.45, 2.75) is 45.1 Å². The molecule has 1 aliphatic heterocycles. The van der Waals surface area contributed by atoms with Gasteiger partial charge in [0, 0.05) is 50.8 Å². The molecule has 38 heavy (non-hydrogen) atoms. The summed E-state index contributed by atoms with van der Waals surface area (Å²) in [5.41, 5.74) is 0.209. The quantitative estimate of drug-likeness (QED) is 0.231. The summed E-state index contributed by atoms with van der Waals surface area (Å²) in [5.74, 6) is 0.592. The molecule has 0 amide bonds. The third-order valence-electron chi connectivity index (χ3n) is 7.05. The molecule has 2 aliphatic rings. The van der Waals surface area contributed by atoms with E-state index < -0.39 is 23.7 Å². The standard InChI is InChI=1S/C28H34F4N2O4/c1-3-36-25(27(35)37-4-2)13-18-5-8-21(9-6-18)38-12-11-33-26-22-16-34(17-23(22)26)15-19-14-20(28(30,31)32)7-10-24(19)29/h5-10,14,22-23,25-26,33H,3-4,11-13,15-17H2,1-2H3/t22-,23+,25-,26?/m0/s1. The van der Waals surface area contributed by atoms with Gasteiger partial charge in [0.2, 0.25) is 0 Å². The molecule has 1 aliphatic carbocycles. The largest absolute Gasteiger partial charge is 0.492 e. The summed E-state index contributed by atoms with van der Waals surface area (Å²) in [6.07, 6.45) is -4.68. The topological polar surface area (TPSA) is 60.0 Å². The molecule has 208 valence electrons. The molecule has 0 aromatic heterocycles. The van der Waals surface area contributed by atoms with Gasteiger partial charge in [-0.3, -0.25) is 4.90 Å². The first-order chi connectivity index (χ1) is 18.2. The molecule has 2 aromatic rings. The lowest BCUT2D eigenvalue weighted by Crippen LogP contribution is -2.33. The fourth-order valence-electron chi connectivity index (χ4n) is 5.14.